The second-order valence-corrected chi connectivity index (χ2v) is 8.16. The van der Waals surface area contributed by atoms with Gasteiger partial charge >= 0.3 is 0 Å². The Morgan fingerprint density at radius 3 is 2.69 bits per heavy atom. The lowest BCUT2D eigenvalue weighted by molar-refractivity contribution is 0.581. The Bertz CT molecular complexity index is 1310. The van der Waals surface area contributed by atoms with E-state index < -0.39 is 10.0 Å². The molecule has 0 saturated carbocycles. The molecule has 1 N–H and O–H groups in total. The molecule has 0 bridgehead atoms. The number of nitriles is 1. The van der Waals surface area contributed by atoms with Crippen molar-refractivity contribution >= 4 is 15.7 Å². The number of hydrogen-bond acceptors (Lipinski definition) is 5. The zero-order valence-electron chi connectivity index (χ0n) is 15.4. The van der Waals surface area contributed by atoms with Crippen molar-refractivity contribution in [1.29, 1.82) is 5.26 Å². The van der Waals surface area contributed by atoms with Gasteiger partial charge < -0.3 is 0 Å². The molecule has 7 nitrogen and oxygen atoms in total. The van der Waals surface area contributed by atoms with Crippen molar-refractivity contribution in [3.8, 4) is 17.3 Å². The zero-order chi connectivity index (χ0) is 20.3. The number of nitrogens with zero attached hydrogens (tertiary/aromatic N) is 4. The minimum atomic E-state index is -3.52. The molecule has 0 amide bonds. The summed E-state index contributed by atoms with van der Waals surface area (Å²) in [6.45, 7) is 0.285. The van der Waals surface area contributed by atoms with Crippen LogP contribution in [0.1, 0.15) is 11.1 Å². The van der Waals surface area contributed by atoms with Gasteiger partial charge in [-0.1, -0.05) is 36.4 Å². The summed E-state index contributed by atoms with van der Waals surface area (Å²) >= 11 is 0. The van der Waals surface area contributed by atoms with Crippen LogP contribution in [0.2, 0.25) is 0 Å². The molecule has 29 heavy (non-hydrogen) atoms. The predicted octanol–water partition coefficient (Wildman–Crippen LogP) is 2.79. The molecule has 0 aliphatic carbocycles. The Hall–Kier alpha value is -3.54. The lowest BCUT2D eigenvalue weighted by Gasteiger charge is -2.09. The minimum Gasteiger partial charge on any atom is -0.236 e. The first kappa shape index (κ1) is 18.8. The molecule has 144 valence electrons. The van der Waals surface area contributed by atoms with Crippen LogP contribution < -0.4 is 4.72 Å². The molecule has 2 aromatic carbocycles. The maximum atomic E-state index is 12.3. The minimum absolute atomic E-state index is 0.250. The molecule has 0 radical (unpaired) electrons. The van der Waals surface area contributed by atoms with Crippen molar-refractivity contribution in [2.45, 2.75) is 11.3 Å². The van der Waals surface area contributed by atoms with Gasteiger partial charge in [0.1, 0.15) is 11.6 Å². The Balaban J connectivity index is 1.53. The first-order chi connectivity index (χ1) is 14.1. The lowest BCUT2D eigenvalue weighted by Crippen LogP contribution is -2.25. The van der Waals surface area contributed by atoms with Gasteiger partial charge in [-0.25, -0.2) is 22.6 Å². The average Bonchev–Trinajstić information content (AvgIpc) is 3.18. The molecular formula is C21H17N5O2S. The number of nitrogens with one attached hydrogen (secondary N) is 1. The summed E-state index contributed by atoms with van der Waals surface area (Å²) in [5, 5.41) is 13.4. The molecule has 4 aromatic rings. The highest BCUT2D eigenvalue weighted by Gasteiger charge is 2.13. The van der Waals surface area contributed by atoms with E-state index in [0.29, 0.717) is 17.6 Å². The van der Waals surface area contributed by atoms with Gasteiger partial charge in [0.15, 0.2) is 5.65 Å². The molecule has 4 rings (SSSR count). The van der Waals surface area contributed by atoms with Gasteiger partial charge in [-0.05, 0) is 36.2 Å². The van der Waals surface area contributed by atoms with Crippen LogP contribution in [0, 0.1) is 11.3 Å². The maximum absolute atomic E-state index is 12.3. The van der Waals surface area contributed by atoms with E-state index in [1.807, 2.05) is 30.3 Å². The molecule has 2 heterocycles. The summed E-state index contributed by atoms with van der Waals surface area (Å²) in [6, 6.07) is 20.0. The van der Waals surface area contributed by atoms with Crippen molar-refractivity contribution in [3.05, 3.63) is 84.2 Å². The Labute approximate surface area is 168 Å². The zero-order valence-corrected chi connectivity index (χ0v) is 16.2. The summed E-state index contributed by atoms with van der Waals surface area (Å²) in [5.74, 6) is 0. The summed E-state index contributed by atoms with van der Waals surface area (Å²) in [4.78, 5) is 4.48. The molecule has 2 aromatic heterocycles. The van der Waals surface area contributed by atoms with E-state index in [1.165, 1.54) is 6.20 Å². The molecule has 0 aliphatic heterocycles. The van der Waals surface area contributed by atoms with Crippen LogP contribution >= 0.6 is 0 Å². The van der Waals surface area contributed by atoms with E-state index in [9.17, 15) is 13.7 Å². The quantitative estimate of drug-likeness (QED) is 0.534. The molecule has 0 atom stereocenters. The van der Waals surface area contributed by atoms with E-state index >= 15 is 0 Å². The third-order valence-corrected chi connectivity index (χ3v) is 5.98. The van der Waals surface area contributed by atoms with Crippen molar-refractivity contribution in [2.75, 3.05) is 6.54 Å². The van der Waals surface area contributed by atoms with E-state index in [1.54, 1.807) is 41.0 Å². The van der Waals surface area contributed by atoms with Crippen molar-refractivity contribution in [3.63, 3.8) is 0 Å². The third kappa shape index (κ3) is 3.87. The van der Waals surface area contributed by atoms with E-state index in [4.69, 9.17) is 0 Å². The van der Waals surface area contributed by atoms with Gasteiger partial charge in [0.25, 0.3) is 0 Å². The molecular weight excluding hydrogens is 386 g/mol. The third-order valence-electron chi connectivity index (χ3n) is 4.50. The monoisotopic (exact) mass is 403 g/mol. The normalized spacial score (nSPS) is 11.4. The van der Waals surface area contributed by atoms with Gasteiger partial charge in [0.05, 0.1) is 16.8 Å². The molecule has 0 aliphatic rings. The number of sulfonamides is 1. The van der Waals surface area contributed by atoms with Gasteiger partial charge in [0.2, 0.25) is 10.0 Å². The average molecular weight is 403 g/mol. The van der Waals surface area contributed by atoms with Crippen LogP contribution in [-0.2, 0) is 16.4 Å². The van der Waals surface area contributed by atoms with Crippen LogP contribution in [0.4, 0.5) is 0 Å². The fraction of sp³-hybridized carbons (Fsp3) is 0.0952. The van der Waals surface area contributed by atoms with Gasteiger partial charge in [-0.3, -0.25) is 0 Å². The second kappa shape index (κ2) is 7.83. The first-order valence-electron chi connectivity index (χ1n) is 8.95. The van der Waals surface area contributed by atoms with Gasteiger partial charge in [-0.15, -0.1) is 0 Å². The molecule has 0 fully saturated rings. The van der Waals surface area contributed by atoms with Crippen LogP contribution in [-0.4, -0.2) is 29.6 Å². The number of benzene rings is 2. The highest BCUT2D eigenvalue weighted by atomic mass is 32.2. The van der Waals surface area contributed by atoms with Crippen molar-refractivity contribution in [2.24, 2.45) is 0 Å². The van der Waals surface area contributed by atoms with E-state index in [0.717, 1.165) is 16.8 Å². The summed E-state index contributed by atoms with van der Waals surface area (Å²) < 4.78 is 28.9. The summed E-state index contributed by atoms with van der Waals surface area (Å²) in [5.41, 5.74) is 3.62. The number of rotatable bonds is 6. The SMILES string of the molecule is N#Cc1cnn2c(-c3cccc(CCNS(=O)(=O)c4ccccc4)c3)ccnc12. The van der Waals surface area contributed by atoms with Crippen molar-refractivity contribution < 1.29 is 8.42 Å². The van der Waals surface area contributed by atoms with Crippen LogP contribution in [0.3, 0.4) is 0 Å². The maximum Gasteiger partial charge on any atom is 0.240 e. The highest BCUT2D eigenvalue weighted by molar-refractivity contribution is 7.89. The van der Waals surface area contributed by atoms with Crippen LogP contribution in [0.25, 0.3) is 16.9 Å². The number of fused-ring (bicyclic) bond motifs is 1. The Morgan fingerprint density at radius 1 is 1.07 bits per heavy atom. The Morgan fingerprint density at radius 2 is 1.90 bits per heavy atom. The second-order valence-electron chi connectivity index (χ2n) is 6.40. The number of hydrogen-bond donors (Lipinski definition) is 1. The van der Waals surface area contributed by atoms with Crippen LogP contribution in [0.15, 0.2) is 78.0 Å². The summed E-state index contributed by atoms with van der Waals surface area (Å²) in [6.07, 6.45) is 3.68. The smallest absolute Gasteiger partial charge is 0.236 e. The summed E-state index contributed by atoms with van der Waals surface area (Å²) in [7, 11) is -3.52. The lowest BCUT2D eigenvalue weighted by atomic mass is 10.1. The standard InChI is InChI=1S/C21H17N5O2S/c22-14-18-15-24-26-20(10-11-23-21(18)26)17-6-4-5-16(13-17)9-12-25-29(27,28)19-7-2-1-3-8-19/h1-8,10-11,13,15,25H,9,12H2. The molecule has 8 heteroatoms. The van der Waals surface area contributed by atoms with Gasteiger partial charge in [-0.2, -0.15) is 10.4 Å². The van der Waals surface area contributed by atoms with E-state index in [-0.39, 0.29) is 11.4 Å². The first-order valence-corrected chi connectivity index (χ1v) is 10.4. The highest BCUT2D eigenvalue weighted by Crippen LogP contribution is 2.22. The molecule has 0 saturated heterocycles. The van der Waals surface area contributed by atoms with Gasteiger partial charge in [0, 0.05) is 18.3 Å². The molecule has 0 spiro atoms. The topological polar surface area (TPSA) is 100 Å². The van der Waals surface area contributed by atoms with Crippen LogP contribution in [0.5, 0.6) is 0 Å². The molecule has 0 unspecified atom stereocenters. The Kier molecular flexibility index (Phi) is 5.08. The predicted molar refractivity (Wildman–Crippen MR) is 108 cm³/mol. The largest absolute Gasteiger partial charge is 0.240 e. The number of aromatic nitrogens is 3. The fourth-order valence-corrected chi connectivity index (χ4v) is 4.14. The fourth-order valence-electron chi connectivity index (χ4n) is 3.09. The van der Waals surface area contributed by atoms with Crippen molar-refractivity contribution in [1.82, 2.24) is 19.3 Å². The van der Waals surface area contributed by atoms with E-state index in [2.05, 4.69) is 20.9 Å².